The van der Waals surface area contributed by atoms with Gasteiger partial charge in [-0.2, -0.15) is 0 Å². The van der Waals surface area contributed by atoms with Gasteiger partial charge in [-0.3, -0.25) is 9.59 Å². The van der Waals surface area contributed by atoms with Crippen molar-refractivity contribution in [2.75, 3.05) is 6.61 Å². The molecule has 0 amide bonds. The molecule has 0 rings (SSSR count). The fourth-order valence-electron chi connectivity index (χ4n) is 2.93. The molecule has 0 aliphatic heterocycles. The molecule has 0 aliphatic carbocycles. The summed E-state index contributed by atoms with van der Waals surface area (Å²) in [5, 5.41) is 33.9. The van der Waals surface area contributed by atoms with E-state index in [1.54, 1.807) is 0 Å². The van der Waals surface area contributed by atoms with Crippen molar-refractivity contribution in [2.24, 2.45) is 0 Å². The Bertz CT molecular complexity index is 346. The minimum atomic E-state index is -0.905. The topological polar surface area (TPSA) is 115 Å². The maximum Gasteiger partial charge on any atom is 0.305 e. The van der Waals surface area contributed by atoms with E-state index in [1.165, 1.54) is 70.6 Å². The van der Waals surface area contributed by atoms with E-state index in [2.05, 4.69) is 6.92 Å². The molecule has 0 aromatic rings. The molecule has 4 N–H and O–H groups in total. The van der Waals surface area contributed by atoms with Crippen LogP contribution in [0.3, 0.4) is 0 Å². The van der Waals surface area contributed by atoms with Gasteiger partial charge in [0.15, 0.2) is 0 Å². The Balaban J connectivity index is 0. The largest absolute Gasteiger partial charge is 0.481 e. The van der Waals surface area contributed by atoms with Crippen molar-refractivity contribution < 1.29 is 30.0 Å². The molecule has 0 saturated heterocycles. The Morgan fingerprint density at radius 2 is 1.11 bits per heavy atom. The monoisotopic (exact) mass is 404 g/mol. The number of hydrogen-bond donors (Lipinski definition) is 4. The van der Waals surface area contributed by atoms with Crippen LogP contribution in [0.1, 0.15) is 116 Å². The predicted octanol–water partition coefficient (Wildman–Crippen LogP) is 5.15. The smallest absolute Gasteiger partial charge is 0.305 e. The number of hydrogen-bond acceptors (Lipinski definition) is 4. The highest BCUT2D eigenvalue weighted by Crippen LogP contribution is 2.13. The number of rotatable bonds is 19. The summed E-state index contributed by atoms with van der Waals surface area (Å²) in [4.78, 5) is 20.0. The Hall–Kier alpha value is -1.14. The standard InChI is InChI=1S/C18H36O3.C4H8O3/c1-2-3-4-5-6-7-8-9-10-11-12-13-14-15-17(19)16-18(20)21;5-3-1-2-4(6)7/h17,19H,2-16H2,1H3,(H,20,21);5H,1-3H2,(H,6,7). The third kappa shape index (κ3) is 29.6. The van der Waals surface area contributed by atoms with Gasteiger partial charge in [-0.15, -0.1) is 0 Å². The first-order valence-electron chi connectivity index (χ1n) is 11.2. The molecule has 0 saturated carbocycles. The molecule has 0 radical (unpaired) electrons. The molecular formula is C22H44O6. The summed E-state index contributed by atoms with van der Waals surface area (Å²) in [6.07, 6.45) is 17.2. The molecule has 0 spiro atoms. The second-order valence-corrected chi connectivity index (χ2v) is 7.50. The van der Waals surface area contributed by atoms with Crippen molar-refractivity contribution in [3.8, 4) is 0 Å². The lowest BCUT2D eigenvalue weighted by Crippen LogP contribution is -2.12. The van der Waals surface area contributed by atoms with Crippen LogP contribution in [0.15, 0.2) is 0 Å². The third-order valence-electron chi connectivity index (χ3n) is 4.60. The van der Waals surface area contributed by atoms with Crippen LogP contribution in [0.2, 0.25) is 0 Å². The van der Waals surface area contributed by atoms with Gasteiger partial charge in [0.1, 0.15) is 0 Å². The van der Waals surface area contributed by atoms with E-state index in [0.717, 1.165) is 12.8 Å². The van der Waals surface area contributed by atoms with E-state index in [-0.39, 0.29) is 19.4 Å². The lowest BCUT2D eigenvalue weighted by molar-refractivity contribution is -0.139. The first-order valence-corrected chi connectivity index (χ1v) is 11.2. The lowest BCUT2D eigenvalue weighted by Gasteiger charge is -2.07. The minimum absolute atomic E-state index is 0.0354. The molecule has 168 valence electrons. The number of aliphatic hydroxyl groups excluding tert-OH is 2. The molecule has 6 nitrogen and oxygen atoms in total. The number of aliphatic carboxylic acids is 2. The lowest BCUT2D eigenvalue weighted by atomic mass is 10.0. The first-order chi connectivity index (χ1) is 13.4. The molecule has 0 aliphatic rings. The number of carboxylic acid groups (broad SMARTS) is 2. The summed E-state index contributed by atoms with van der Waals surface area (Å²) in [5.74, 6) is -1.76. The second-order valence-electron chi connectivity index (χ2n) is 7.50. The number of aliphatic hydroxyl groups is 2. The Labute approximate surface area is 171 Å². The number of carboxylic acids is 2. The fourth-order valence-corrected chi connectivity index (χ4v) is 2.93. The molecule has 28 heavy (non-hydrogen) atoms. The highest BCUT2D eigenvalue weighted by atomic mass is 16.4. The van der Waals surface area contributed by atoms with Gasteiger partial charge < -0.3 is 20.4 Å². The minimum Gasteiger partial charge on any atom is -0.481 e. The maximum atomic E-state index is 10.4. The van der Waals surface area contributed by atoms with Crippen molar-refractivity contribution in [2.45, 2.75) is 122 Å². The zero-order valence-corrected chi connectivity index (χ0v) is 17.9. The van der Waals surface area contributed by atoms with Crippen LogP contribution >= 0.6 is 0 Å². The zero-order chi connectivity index (χ0) is 21.5. The van der Waals surface area contributed by atoms with Crippen LogP contribution in [-0.4, -0.2) is 45.1 Å². The first kappa shape index (κ1) is 29.1. The normalized spacial score (nSPS) is 11.5. The van der Waals surface area contributed by atoms with E-state index < -0.39 is 18.0 Å². The quantitative estimate of drug-likeness (QED) is 0.221. The van der Waals surface area contributed by atoms with Gasteiger partial charge >= 0.3 is 11.9 Å². The van der Waals surface area contributed by atoms with Gasteiger partial charge in [-0.25, -0.2) is 0 Å². The van der Waals surface area contributed by atoms with Crippen molar-refractivity contribution in [1.29, 1.82) is 0 Å². The summed E-state index contributed by atoms with van der Waals surface area (Å²) >= 11 is 0. The summed E-state index contributed by atoms with van der Waals surface area (Å²) in [6, 6.07) is 0. The molecule has 0 aromatic carbocycles. The summed E-state index contributed by atoms with van der Waals surface area (Å²) in [7, 11) is 0. The highest BCUT2D eigenvalue weighted by molar-refractivity contribution is 5.67. The van der Waals surface area contributed by atoms with E-state index in [9.17, 15) is 14.7 Å². The van der Waals surface area contributed by atoms with Crippen molar-refractivity contribution >= 4 is 11.9 Å². The van der Waals surface area contributed by atoms with Crippen LogP contribution in [0, 0.1) is 0 Å². The van der Waals surface area contributed by atoms with Gasteiger partial charge in [0.05, 0.1) is 12.5 Å². The highest BCUT2D eigenvalue weighted by Gasteiger charge is 2.08. The number of carbonyl (C=O) groups is 2. The van der Waals surface area contributed by atoms with E-state index >= 15 is 0 Å². The zero-order valence-electron chi connectivity index (χ0n) is 17.9. The molecule has 0 aromatic heterocycles. The summed E-state index contributed by atoms with van der Waals surface area (Å²) < 4.78 is 0. The average molecular weight is 405 g/mol. The van der Waals surface area contributed by atoms with Gasteiger partial charge in [-0.1, -0.05) is 90.4 Å². The fraction of sp³-hybridized carbons (Fsp3) is 0.909. The van der Waals surface area contributed by atoms with Gasteiger partial charge in [-0.05, 0) is 12.8 Å². The van der Waals surface area contributed by atoms with E-state index in [4.69, 9.17) is 15.3 Å². The van der Waals surface area contributed by atoms with Crippen LogP contribution < -0.4 is 0 Å². The predicted molar refractivity (Wildman–Crippen MR) is 113 cm³/mol. The van der Waals surface area contributed by atoms with Crippen molar-refractivity contribution in [3.05, 3.63) is 0 Å². The van der Waals surface area contributed by atoms with Crippen LogP contribution in [-0.2, 0) is 9.59 Å². The Morgan fingerprint density at radius 1 is 0.679 bits per heavy atom. The molecule has 0 bridgehead atoms. The second kappa shape index (κ2) is 23.9. The van der Waals surface area contributed by atoms with Crippen LogP contribution in [0.5, 0.6) is 0 Å². The third-order valence-corrected chi connectivity index (χ3v) is 4.60. The van der Waals surface area contributed by atoms with Gasteiger partial charge in [0.2, 0.25) is 0 Å². The van der Waals surface area contributed by atoms with Gasteiger partial charge in [0, 0.05) is 13.0 Å². The summed E-state index contributed by atoms with van der Waals surface area (Å²) in [6.45, 7) is 2.22. The van der Waals surface area contributed by atoms with Crippen LogP contribution in [0.25, 0.3) is 0 Å². The number of unbranched alkanes of at least 4 members (excludes halogenated alkanes) is 12. The Kier molecular flexibility index (Phi) is 24.8. The molecule has 0 fully saturated rings. The molecule has 0 heterocycles. The average Bonchev–Trinajstić information content (AvgIpc) is 2.63. The molecule has 1 unspecified atom stereocenters. The van der Waals surface area contributed by atoms with Gasteiger partial charge in [0.25, 0.3) is 0 Å². The van der Waals surface area contributed by atoms with Crippen molar-refractivity contribution in [1.82, 2.24) is 0 Å². The Morgan fingerprint density at radius 3 is 1.43 bits per heavy atom. The summed E-state index contributed by atoms with van der Waals surface area (Å²) in [5.41, 5.74) is 0. The molecule has 1 atom stereocenters. The van der Waals surface area contributed by atoms with Crippen LogP contribution in [0.4, 0.5) is 0 Å². The molecule has 6 heteroatoms. The van der Waals surface area contributed by atoms with Crippen molar-refractivity contribution in [3.63, 3.8) is 0 Å². The molecular weight excluding hydrogens is 360 g/mol. The SMILES string of the molecule is CCCCCCCCCCCCCCCC(O)CC(=O)O.O=C(O)CCCO. The van der Waals surface area contributed by atoms with E-state index in [1.807, 2.05) is 0 Å². The van der Waals surface area contributed by atoms with E-state index in [0.29, 0.717) is 12.8 Å². The maximum absolute atomic E-state index is 10.4.